The number of carbonyl (C=O) groups is 1. The quantitative estimate of drug-likeness (QED) is 0.654. The van der Waals surface area contributed by atoms with Gasteiger partial charge in [0.15, 0.2) is 5.65 Å². The van der Waals surface area contributed by atoms with Crippen LogP contribution < -0.4 is 15.4 Å². The van der Waals surface area contributed by atoms with Gasteiger partial charge in [-0.2, -0.15) is 5.10 Å². The summed E-state index contributed by atoms with van der Waals surface area (Å²) in [5.41, 5.74) is 2.36. The number of amides is 2. The third kappa shape index (κ3) is 4.57. The summed E-state index contributed by atoms with van der Waals surface area (Å²) in [6.45, 7) is 7.43. The van der Waals surface area contributed by atoms with E-state index in [1.807, 2.05) is 62.2 Å². The Hall–Kier alpha value is -3.29. The first kappa shape index (κ1) is 21.0. The molecule has 1 fully saturated rings. The number of fused-ring (bicyclic) bond motifs is 1. The van der Waals surface area contributed by atoms with E-state index < -0.39 is 0 Å². The second-order valence-electron chi connectivity index (χ2n) is 8.89. The van der Waals surface area contributed by atoms with Crippen LogP contribution in [0.25, 0.3) is 16.8 Å². The average Bonchev–Trinajstić information content (AvgIpc) is 3.37. The zero-order chi connectivity index (χ0) is 22.0. The Morgan fingerprint density at radius 1 is 1.23 bits per heavy atom. The molecule has 0 unspecified atom stereocenters. The summed E-state index contributed by atoms with van der Waals surface area (Å²) in [6.07, 6.45) is 5.69. The number of benzene rings is 1. The molecule has 0 radical (unpaired) electrons. The first-order valence-electron chi connectivity index (χ1n) is 10.7. The fourth-order valence-electron chi connectivity index (χ4n) is 3.95. The second kappa shape index (κ2) is 8.45. The SMILES string of the molecule is COc1ccccc1-c1cnn2ccc(NC[C@@H]3CCCN3C(=O)NC(C)(C)C)nc12. The predicted molar refractivity (Wildman–Crippen MR) is 121 cm³/mol. The van der Waals surface area contributed by atoms with E-state index in [0.717, 1.165) is 47.7 Å². The first-order chi connectivity index (χ1) is 14.9. The number of para-hydroxylation sites is 1. The van der Waals surface area contributed by atoms with E-state index >= 15 is 0 Å². The van der Waals surface area contributed by atoms with Crippen LogP contribution in [-0.4, -0.2) is 57.3 Å². The van der Waals surface area contributed by atoms with Gasteiger partial charge in [-0.25, -0.2) is 14.3 Å². The summed E-state index contributed by atoms with van der Waals surface area (Å²) in [6, 6.07) is 9.88. The minimum absolute atomic E-state index is 0.00513. The summed E-state index contributed by atoms with van der Waals surface area (Å²) in [5, 5.41) is 10.9. The van der Waals surface area contributed by atoms with Gasteiger partial charge in [0.25, 0.3) is 0 Å². The van der Waals surface area contributed by atoms with Crippen LogP contribution in [0.1, 0.15) is 33.6 Å². The monoisotopic (exact) mass is 422 g/mol. The Morgan fingerprint density at radius 3 is 2.81 bits per heavy atom. The molecule has 1 aliphatic heterocycles. The van der Waals surface area contributed by atoms with Gasteiger partial charge in [-0.15, -0.1) is 0 Å². The van der Waals surface area contributed by atoms with Crippen LogP contribution in [-0.2, 0) is 0 Å². The number of rotatable bonds is 5. The van der Waals surface area contributed by atoms with Crippen LogP contribution in [0, 0.1) is 0 Å². The van der Waals surface area contributed by atoms with Crippen LogP contribution in [0.4, 0.5) is 10.6 Å². The molecule has 0 aliphatic carbocycles. The zero-order valence-electron chi connectivity index (χ0n) is 18.6. The van der Waals surface area contributed by atoms with Crippen LogP contribution in [0.15, 0.2) is 42.7 Å². The van der Waals surface area contributed by atoms with Gasteiger partial charge in [-0.1, -0.05) is 18.2 Å². The second-order valence-corrected chi connectivity index (χ2v) is 8.89. The smallest absolute Gasteiger partial charge is 0.318 e. The molecular weight excluding hydrogens is 392 g/mol. The highest BCUT2D eigenvalue weighted by molar-refractivity contribution is 5.81. The number of carbonyl (C=O) groups excluding carboxylic acids is 1. The maximum atomic E-state index is 12.6. The molecule has 8 nitrogen and oxygen atoms in total. The molecule has 1 aliphatic rings. The molecule has 3 heterocycles. The van der Waals surface area contributed by atoms with E-state index in [2.05, 4.69) is 15.7 Å². The van der Waals surface area contributed by atoms with Gasteiger partial charge in [-0.05, 0) is 45.7 Å². The number of ether oxygens (including phenoxy) is 1. The maximum Gasteiger partial charge on any atom is 0.318 e. The molecule has 2 amide bonds. The normalized spacial score (nSPS) is 16.5. The molecule has 31 heavy (non-hydrogen) atoms. The predicted octanol–water partition coefficient (Wildman–Crippen LogP) is 3.79. The highest BCUT2D eigenvalue weighted by Gasteiger charge is 2.30. The molecule has 2 N–H and O–H groups in total. The van der Waals surface area contributed by atoms with Gasteiger partial charge in [0, 0.05) is 30.4 Å². The standard InChI is InChI=1S/C23H30N6O2/c1-23(2,3)27-22(30)28-12-7-8-16(28)14-24-20-11-13-29-21(26-20)18(15-25-29)17-9-5-6-10-19(17)31-4/h5-6,9-11,13,15-16H,7-8,12,14H2,1-4H3,(H,24,26)(H,27,30)/t16-/m0/s1. The lowest BCUT2D eigenvalue weighted by Gasteiger charge is -2.29. The van der Waals surface area contributed by atoms with Gasteiger partial charge < -0.3 is 20.3 Å². The third-order valence-electron chi connectivity index (χ3n) is 5.40. The molecule has 164 valence electrons. The number of hydrogen-bond donors (Lipinski definition) is 2. The molecule has 0 saturated carbocycles. The molecule has 0 bridgehead atoms. The topological polar surface area (TPSA) is 83.8 Å². The molecule has 2 aromatic heterocycles. The minimum Gasteiger partial charge on any atom is -0.496 e. The van der Waals surface area contributed by atoms with E-state index in [0.29, 0.717) is 6.54 Å². The van der Waals surface area contributed by atoms with Gasteiger partial charge in [-0.3, -0.25) is 0 Å². The Kier molecular flexibility index (Phi) is 5.71. The van der Waals surface area contributed by atoms with Gasteiger partial charge in [0.05, 0.1) is 24.9 Å². The number of aromatic nitrogens is 3. The van der Waals surface area contributed by atoms with E-state index in [1.165, 1.54) is 0 Å². The number of nitrogens with zero attached hydrogens (tertiary/aromatic N) is 4. The molecule has 4 rings (SSSR count). The fraction of sp³-hybridized carbons (Fsp3) is 0.435. The highest BCUT2D eigenvalue weighted by atomic mass is 16.5. The van der Waals surface area contributed by atoms with E-state index in [1.54, 1.807) is 17.8 Å². The fourth-order valence-corrected chi connectivity index (χ4v) is 3.95. The van der Waals surface area contributed by atoms with Crippen molar-refractivity contribution in [2.75, 3.05) is 25.5 Å². The summed E-state index contributed by atoms with van der Waals surface area (Å²) in [7, 11) is 1.66. The summed E-state index contributed by atoms with van der Waals surface area (Å²) in [4.78, 5) is 19.4. The van der Waals surface area contributed by atoms with Crippen molar-refractivity contribution in [3.8, 4) is 16.9 Å². The van der Waals surface area contributed by atoms with Crippen molar-refractivity contribution >= 4 is 17.5 Å². The number of nitrogens with one attached hydrogen (secondary N) is 2. The molecule has 8 heteroatoms. The van der Waals surface area contributed by atoms with Crippen molar-refractivity contribution in [1.82, 2.24) is 24.8 Å². The Morgan fingerprint density at radius 2 is 2.03 bits per heavy atom. The lowest BCUT2D eigenvalue weighted by Crippen LogP contribution is -2.51. The van der Waals surface area contributed by atoms with Crippen molar-refractivity contribution in [3.63, 3.8) is 0 Å². The summed E-state index contributed by atoms with van der Waals surface area (Å²) < 4.78 is 7.26. The molecule has 1 saturated heterocycles. The Bertz CT molecular complexity index is 1070. The van der Waals surface area contributed by atoms with Crippen molar-refractivity contribution in [3.05, 3.63) is 42.7 Å². The van der Waals surface area contributed by atoms with E-state index in [-0.39, 0.29) is 17.6 Å². The zero-order valence-corrected chi connectivity index (χ0v) is 18.6. The average molecular weight is 423 g/mol. The number of urea groups is 1. The first-order valence-corrected chi connectivity index (χ1v) is 10.7. The third-order valence-corrected chi connectivity index (χ3v) is 5.40. The number of anilines is 1. The minimum atomic E-state index is -0.249. The number of likely N-dealkylation sites (tertiary alicyclic amines) is 1. The van der Waals surface area contributed by atoms with Crippen LogP contribution in [0.2, 0.25) is 0 Å². The van der Waals surface area contributed by atoms with Crippen LogP contribution >= 0.6 is 0 Å². The maximum absolute atomic E-state index is 12.6. The van der Waals surface area contributed by atoms with E-state index in [4.69, 9.17) is 9.72 Å². The summed E-state index contributed by atoms with van der Waals surface area (Å²) in [5.74, 6) is 1.54. The highest BCUT2D eigenvalue weighted by Crippen LogP contribution is 2.32. The largest absolute Gasteiger partial charge is 0.496 e. The molecule has 0 spiro atoms. The number of hydrogen-bond acceptors (Lipinski definition) is 5. The molecule has 1 aromatic carbocycles. The Labute approximate surface area is 182 Å². The molecule has 3 aromatic rings. The lowest BCUT2D eigenvalue weighted by atomic mass is 10.1. The molecular formula is C23H30N6O2. The van der Waals surface area contributed by atoms with Crippen molar-refractivity contribution in [2.45, 2.75) is 45.2 Å². The van der Waals surface area contributed by atoms with Crippen molar-refractivity contribution in [2.24, 2.45) is 0 Å². The van der Waals surface area contributed by atoms with Gasteiger partial charge >= 0.3 is 6.03 Å². The van der Waals surface area contributed by atoms with Gasteiger partial charge in [0.2, 0.25) is 0 Å². The molecule has 1 atom stereocenters. The van der Waals surface area contributed by atoms with Crippen molar-refractivity contribution < 1.29 is 9.53 Å². The van der Waals surface area contributed by atoms with Gasteiger partial charge in [0.1, 0.15) is 11.6 Å². The van der Waals surface area contributed by atoms with Crippen LogP contribution in [0.3, 0.4) is 0 Å². The van der Waals surface area contributed by atoms with Crippen molar-refractivity contribution in [1.29, 1.82) is 0 Å². The van der Waals surface area contributed by atoms with E-state index in [9.17, 15) is 4.79 Å². The lowest BCUT2D eigenvalue weighted by molar-refractivity contribution is 0.185. The Balaban J connectivity index is 1.51. The van der Waals surface area contributed by atoms with Crippen LogP contribution in [0.5, 0.6) is 5.75 Å². The number of methoxy groups -OCH3 is 1. The summed E-state index contributed by atoms with van der Waals surface area (Å²) >= 11 is 0.